The third-order valence-corrected chi connectivity index (χ3v) is 4.79. The summed E-state index contributed by atoms with van der Waals surface area (Å²) in [6.07, 6.45) is 2.25. The highest BCUT2D eigenvalue weighted by atomic mass is 16.3. The summed E-state index contributed by atoms with van der Waals surface area (Å²) in [7, 11) is 0. The first-order chi connectivity index (χ1) is 12.1. The highest BCUT2D eigenvalue weighted by Crippen LogP contribution is 2.35. The maximum absolute atomic E-state index is 12.6. The summed E-state index contributed by atoms with van der Waals surface area (Å²) in [5, 5.41) is 19.8. The maximum Gasteiger partial charge on any atom is 0.238 e. The minimum absolute atomic E-state index is 0.0255. The van der Waals surface area contributed by atoms with Crippen molar-refractivity contribution < 1.29 is 9.90 Å². The van der Waals surface area contributed by atoms with Crippen LogP contribution < -0.4 is 5.32 Å². The summed E-state index contributed by atoms with van der Waals surface area (Å²) in [6.45, 7) is 4.73. The van der Waals surface area contributed by atoms with E-state index in [1.165, 1.54) is 0 Å². The lowest BCUT2D eigenvalue weighted by molar-refractivity contribution is -0.118. The molecule has 1 fully saturated rings. The van der Waals surface area contributed by atoms with Crippen molar-refractivity contribution in [1.82, 2.24) is 15.1 Å². The van der Waals surface area contributed by atoms with Crippen LogP contribution in [0.3, 0.4) is 0 Å². The first-order valence-electron chi connectivity index (χ1n) is 8.78. The third kappa shape index (κ3) is 4.46. The Morgan fingerprint density at radius 1 is 1.36 bits per heavy atom. The van der Waals surface area contributed by atoms with Gasteiger partial charge in [0.1, 0.15) is 0 Å². The summed E-state index contributed by atoms with van der Waals surface area (Å²) < 4.78 is 0. The van der Waals surface area contributed by atoms with Gasteiger partial charge in [-0.25, -0.2) is 0 Å². The molecule has 1 amide bonds. The molecule has 1 unspecified atom stereocenters. The lowest BCUT2D eigenvalue weighted by atomic mass is 10.1. The van der Waals surface area contributed by atoms with Gasteiger partial charge in [-0.15, -0.1) is 0 Å². The van der Waals surface area contributed by atoms with Gasteiger partial charge in [-0.05, 0) is 38.2 Å². The van der Waals surface area contributed by atoms with E-state index in [0.717, 1.165) is 35.5 Å². The first-order valence-corrected chi connectivity index (χ1v) is 8.78. The van der Waals surface area contributed by atoms with Gasteiger partial charge >= 0.3 is 0 Å². The Bertz CT molecular complexity index is 690. The molecule has 1 heterocycles. The largest absolute Gasteiger partial charge is 0.395 e. The molecule has 1 saturated carbocycles. The van der Waals surface area contributed by atoms with Crippen LogP contribution in [0.4, 0.5) is 5.69 Å². The number of nitrogens with zero attached hydrogens (tertiary/aromatic N) is 2. The van der Waals surface area contributed by atoms with Crippen molar-refractivity contribution >= 4 is 11.6 Å². The molecule has 1 aliphatic carbocycles. The lowest BCUT2D eigenvalue weighted by Gasteiger charge is -2.30. The number of aromatic amines is 1. The molecule has 3 N–H and O–H groups in total. The number of aryl methyl sites for hydroxylation is 2. The van der Waals surface area contributed by atoms with Gasteiger partial charge < -0.3 is 10.4 Å². The number of H-pyrrole nitrogens is 1. The molecule has 1 aliphatic rings. The number of anilines is 1. The van der Waals surface area contributed by atoms with Gasteiger partial charge in [0.05, 0.1) is 30.2 Å². The van der Waals surface area contributed by atoms with Crippen LogP contribution in [0.1, 0.15) is 29.8 Å². The van der Waals surface area contributed by atoms with Crippen LogP contribution in [0.2, 0.25) is 0 Å². The van der Waals surface area contributed by atoms with Gasteiger partial charge in [0, 0.05) is 12.6 Å². The zero-order valence-electron chi connectivity index (χ0n) is 14.8. The van der Waals surface area contributed by atoms with Crippen LogP contribution in [-0.2, 0) is 11.3 Å². The number of aromatic nitrogens is 2. The Labute approximate surface area is 148 Å². The summed E-state index contributed by atoms with van der Waals surface area (Å²) >= 11 is 0. The van der Waals surface area contributed by atoms with Gasteiger partial charge in [0.2, 0.25) is 5.91 Å². The van der Waals surface area contributed by atoms with E-state index in [4.69, 9.17) is 0 Å². The molecule has 0 bridgehead atoms. The number of nitrogens with one attached hydrogen (secondary N) is 2. The number of benzene rings is 1. The average Bonchev–Trinajstić information content (AvgIpc) is 3.39. The third-order valence-electron chi connectivity index (χ3n) is 4.79. The maximum atomic E-state index is 12.6. The van der Waals surface area contributed by atoms with Crippen LogP contribution in [0.15, 0.2) is 30.3 Å². The Kier molecular flexibility index (Phi) is 5.50. The van der Waals surface area contributed by atoms with Crippen LogP contribution in [0, 0.1) is 19.8 Å². The van der Waals surface area contributed by atoms with E-state index in [2.05, 4.69) is 32.5 Å². The number of carbonyl (C=O) groups excluding carboxylic acids is 1. The van der Waals surface area contributed by atoms with Gasteiger partial charge in [-0.2, -0.15) is 5.10 Å². The number of carbonyl (C=O) groups is 1. The second-order valence-corrected chi connectivity index (χ2v) is 6.84. The van der Waals surface area contributed by atoms with Crippen molar-refractivity contribution in [3.63, 3.8) is 0 Å². The van der Waals surface area contributed by atoms with Crippen molar-refractivity contribution in [1.29, 1.82) is 0 Å². The van der Waals surface area contributed by atoms with E-state index in [1.54, 1.807) is 0 Å². The van der Waals surface area contributed by atoms with Crippen LogP contribution in [-0.4, -0.2) is 45.3 Å². The quantitative estimate of drug-likeness (QED) is 0.687. The fraction of sp³-hybridized carbons (Fsp3) is 0.474. The molecule has 25 heavy (non-hydrogen) atoms. The molecular formula is C19H26N4O2. The Morgan fingerprint density at radius 2 is 2.08 bits per heavy atom. The topological polar surface area (TPSA) is 81.2 Å². The monoisotopic (exact) mass is 342 g/mol. The second kappa shape index (κ2) is 7.80. The minimum Gasteiger partial charge on any atom is -0.395 e. The Balaban J connectivity index is 1.71. The summed E-state index contributed by atoms with van der Waals surface area (Å²) in [6, 6.07) is 10.1. The van der Waals surface area contributed by atoms with Crippen LogP contribution in [0.25, 0.3) is 0 Å². The minimum atomic E-state index is -0.0809. The highest BCUT2D eigenvalue weighted by molar-refractivity contribution is 5.93. The van der Waals surface area contributed by atoms with Gasteiger partial charge in [-0.1, -0.05) is 30.3 Å². The molecule has 1 aromatic heterocycles. The van der Waals surface area contributed by atoms with E-state index in [0.29, 0.717) is 12.5 Å². The van der Waals surface area contributed by atoms with E-state index < -0.39 is 0 Å². The van der Waals surface area contributed by atoms with Crippen molar-refractivity contribution in [3.05, 3.63) is 47.3 Å². The predicted octanol–water partition coefficient (Wildman–Crippen LogP) is 2.24. The molecule has 134 valence electrons. The summed E-state index contributed by atoms with van der Waals surface area (Å²) in [5.41, 5.74) is 3.52. The van der Waals surface area contributed by atoms with Crippen molar-refractivity contribution in [2.45, 2.75) is 39.3 Å². The smallest absolute Gasteiger partial charge is 0.238 e. The van der Waals surface area contributed by atoms with Crippen LogP contribution in [0.5, 0.6) is 0 Å². The zero-order chi connectivity index (χ0) is 17.8. The molecule has 0 aliphatic heterocycles. The molecule has 0 spiro atoms. The van der Waals surface area contributed by atoms with Gasteiger partial charge in [0.25, 0.3) is 0 Å². The number of hydrogen-bond acceptors (Lipinski definition) is 4. The number of aliphatic hydroxyl groups is 1. The molecule has 1 atom stereocenters. The van der Waals surface area contributed by atoms with Crippen molar-refractivity contribution in [2.24, 2.45) is 5.92 Å². The molecule has 6 nitrogen and oxygen atoms in total. The Hall–Kier alpha value is -2.18. The molecule has 1 aromatic carbocycles. The number of hydrogen-bond donors (Lipinski definition) is 3. The fourth-order valence-corrected chi connectivity index (χ4v) is 3.25. The van der Waals surface area contributed by atoms with Crippen LogP contribution >= 0.6 is 0 Å². The van der Waals surface area contributed by atoms with E-state index >= 15 is 0 Å². The SMILES string of the molecule is Cc1n[nH]c(C)c1NC(=O)CN(Cc1ccccc1)C(CO)C1CC1. The fourth-order valence-electron chi connectivity index (χ4n) is 3.25. The molecule has 3 rings (SSSR count). The standard InChI is InChI=1S/C19H26N4O2/c1-13-19(14(2)22-21-13)20-18(25)11-23(17(12-24)16-8-9-16)10-15-6-4-3-5-7-15/h3-7,16-17,24H,8-12H2,1-2H3,(H,20,25)(H,21,22). The molecule has 0 radical (unpaired) electrons. The molecule has 6 heteroatoms. The molecule has 0 saturated heterocycles. The molecule has 2 aromatic rings. The van der Waals surface area contributed by atoms with E-state index in [-0.39, 0.29) is 25.1 Å². The second-order valence-electron chi connectivity index (χ2n) is 6.84. The normalized spacial score (nSPS) is 15.4. The van der Waals surface area contributed by atoms with Gasteiger partial charge in [0.15, 0.2) is 0 Å². The number of rotatable bonds is 8. The first kappa shape index (κ1) is 17.6. The van der Waals surface area contributed by atoms with E-state index in [9.17, 15) is 9.90 Å². The predicted molar refractivity (Wildman–Crippen MR) is 97.1 cm³/mol. The average molecular weight is 342 g/mol. The summed E-state index contributed by atoms with van der Waals surface area (Å²) in [4.78, 5) is 14.7. The number of aliphatic hydroxyl groups excluding tert-OH is 1. The van der Waals surface area contributed by atoms with Gasteiger partial charge in [-0.3, -0.25) is 14.8 Å². The zero-order valence-corrected chi connectivity index (χ0v) is 14.8. The van der Waals surface area contributed by atoms with Crippen molar-refractivity contribution in [2.75, 3.05) is 18.5 Å². The highest BCUT2D eigenvalue weighted by Gasteiger charge is 2.35. The van der Waals surface area contributed by atoms with Crippen molar-refractivity contribution in [3.8, 4) is 0 Å². The molecular weight excluding hydrogens is 316 g/mol. The lowest BCUT2D eigenvalue weighted by Crippen LogP contribution is -2.43. The van der Waals surface area contributed by atoms with E-state index in [1.807, 2.05) is 32.0 Å². The number of amides is 1. The Morgan fingerprint density at radius 3 is 2.64 bits per heavy atom. The summed E-state index contributed by atoms with van der Waals surface area (Å²) in [5.74, 6) is 0.404.